The lowest BCUT2D eigenvalue weighted by molar-refractivity contribution is -0.116. The molecule has 2 heterocycles. The van der Waals surface area contributed by atoms with Crippen LogP contribution in [0.4, 0.5) is 5.69 Å². The second-order valence-electron chi connectivity index (χ2n) is 7.59. The van der Waals surface area contributed by atoms with Crippen LogP contribution in [-0.4, -0.2) is 12.6 Å². The first-order valence-electron chi connectivity index (χ1n) is 9.74. The third-order valence-corrected chi connectivity index (χ3v) is 6.02. The predicted molar refractivity (Wildman–Crippen MR) is 108 cm³/mol. The zero-order valence-corrected chi connectivity index (χ0v) is 15.3. The summed E-state index contributed by atoms with van der Waals surface area (Å²) < 4.78 is 11.1. The third kappa shape index (κ3) is 2.21. The zero-order valence-electron chi connectivity index (χ0n) is 15.3. The maximum Gasteiger partial charge on any atom is 0.231 e. The molecule has 0 spiro atoms. The number of carbonyl (C=O) groups is 1. The summed E-state index contributed by atoms with van der Waals surface area (Å²) in [6, 6.07) is 18.7. The fourth-order valence-electron chi connectivity index (χ4n) is 4.78. The highest BCUT2D eigenvalue weighted by molar-refractivity contribution is 6.04. The molecule has 3 aromatic carbocycles. The standard InChI is InChI=1S/C24H19NO3/c26-19-7-3-6-17-24(19)22(15-9-11-20-21(12-15)28-13-27-20)23-16-5-2-1-4-14(16)8-10-18(23)25-17/h1-2,4-5,8-12,22,25H,3,6-7,13H2/t22-/m0/s1. The summed E-state index contributed by atoms with van der Waals surface area (Å²) in [7, 11) is 0. The number of rotatable bonds is 1. The minimum Gasteiger partial charge on any atom is -0.454 e. The van der Waals surface area contributed by atoms with Gasteiger partial charge in [0.15, 0.2) is 17.3 Å². The number of Topliss-reactive ketones (excluding diaryl/α,β-unsaturated/α-hetero) is 1. The van der Waals surface area contributed by atoms with Crippen LogP contribution in [0.2, 0.25) is 0 Å². The van der Waals surface area contributed by atoms with Gasteiger partial charge in [-0.1, -0.05) is 36.4 Å². The molecule has 3 aliphatic rings. The Bertz CT molecular complexity index is 1180. The van der Waals surface area contributed by atoms with Gasteiger partial charge in [-0.2, -0.15) is 0 Å². The highest BCUT2D eigenvalue weighted by Gasteiger charge is 2.36. The van der Waals surface area contributed by atoms with Crippen LogP contribution in [0.5, 0.6) is 11.5 Å². The van der Waals surface area contributed by atoms with E-state index in [0.717, 1.165) is 46.9 Å². The summed E-state index contributed by atoms with van der Waals surface area (Å²) in [4.78, 5) is 13.0. The van der Waals surface area contributed by atoms with Gasteiger partial charge in [-0.25, -0.2) is 0 Å². The molecule has 4 nitrogen and oxygen atoms in total. The van der Waals surface area contributed by atoms with E-state index >= 15 is 0 Å². The first kappa shape index (κ1) is 15.8. The fourth-order valence-corrected chi connectivity index (χ4v) is 4.78. The van der Waals surface area contributed by atoms with Crippen molar-refractivity contribution < 1.29 is 14.3 Å². The molecule has 1 aliphatic carbocycles. The van der Waals surface area contributed by atoms with Crippen molar-refractivity contribution >= 4 is 22.2 Å². The van der Waals surface area contributed by atoms with E-state index in [4.69, 9.17) is 9.47 Å². The Morgan fingerprint density at radius 1 is 0.929 bits per heavy atom. The van der Waals surface area contributed by atoms with Gasteiger partial charge in [-0.3, -0.25) is 4.79 Å². The third-order valence-electron chi connectivity index (χ3n) is 6.02. The van der Waals surface area contributed by atoms with Crippen molar-refractivity contribution in [2.75, 3.05) is 12.1 Å². The molecule has 0 saturated carbocycles. The molecule has 1 N–H and O–H groups in total. The molecule has 138 valence electrons. The number of hydrogen-bond acceptors (Lipinski definition) is 4. The van der Waals surface area contributed by atoms with E-state index in [1.54, 1.807) is 0 Å². The molecule has 2 aliphatic heterocycles. The van der Waals surface area contributed by atoms with Gasteiger partial charge in [-0.05, 0) is 52.9 Å². The Balaban J connectivity index is 1.65. The maximum absolute atomic E-state index is 13.0. The first-order chi connectivity index (χ1) is 13.8. The molecule has 6 rings (SSSR count). The molecule has 1 atom stereocenters. The van der Waals surface area contributed by atoms with Crippen LogP contribution in [0, 0.1) is 0 Å². The van der Waals surface area contributed by atoms with Crippen LogP contribution in [0.3, 0.4) is 0 Å². The second kappa shape index (κ2) is 5.86. The topological polar surface area (TPSA) is 47.6 Å². The lowest BCUT2D eigenvalue weighted by Gasteiger charge is -2.35. The van der Waals surface area contributed by atoms with Gasteiger partial charge in [0, 0.05) is 29.3 Å². The molecule has 0 amide bonds. The van der Waals surface area contributed by atoms with Crippen LogP contribution in [-0.2, 0) is 4.79 Å². The summed E-state index contributed by atoms with van der Waals surface area (Å²) in [5.41, 5.74) is 5.32. The predicted octanol–water partition coefficient (Wildman–Crippen LogP) is 5.13. The highest BCUT2D eigenvalue weighted by atomic mass is 16.7. The summed E-state index contributed by atoms with van der Waals surface area (Å²) in [6.07, 6.45) is 2.43. The minimum absolute atomic E-state index is 0.0975. The first-order valence-corrected chi connectivity index (χ1v) is 9.74. The number of fused-ring (bicyclic) bond motifs is 4. The van der Waals surface area contributed by atoms with Gasteiger partial charge in [0.05, 0.1) is 0 Å². The van der Waals surface area contributed by atoms with Crippen molar-refractivity contribution in [3.63, 3.8) is 0 Å². The molecular formula is C24H19NO3. The quantitative estimate of drug-likeness (QED) is 0.646. The Morgan fingerprint density at radius 2 is 1.82 bits per heavy atom. The van der Waals surface area contributed by atoms with Gasteiger partial charge in [0.2, 0.25) is 6.79 Å². The molecular weight excluding hydrogens is 350 g/mol. The molecule has 0 fully saturated rings. The number of nitrogens with one attached hydrogen (secondary N) is 1. The molecule has 0 bridgehead atoms. The fraction of sp³-hybridized carbons (Fsp3) is 0.208. The number of allylic oxidation sites excluding steroid dienone is 2. The molecule has 0 radical (unpaired) electrons. The van der Waals surface area contributed by atoms with Gasteiger partial charge >= 0.3 is 0 Å². The number of carbonyl (C=O) groups excluding carboxylic acids is 1. The van der Waals surface area contributed by atoms with E-state index in [1.807, 2.05) is 12.1 Å². The minimum atomic E-state index is -0.0975. The lowest BCUT2D eigenvalue weighted by atomic mass is 9.74. The average molecular weight is 369 g/mol. The average Bonchev–Trinajstić information content (AvgIpc) is 3.20. The van der Waals surface area contributed by atoms with E-state index in [0.29, 0.717) is 6.42 Å². The smallest absolute Gasteiger partial charge is 0.231 e. The maximum atomic E-state index is 13.0. The number of ketones is 1. The Labute approximate surface area is 162 Å². The monoisotopic (exact) mass is 369 g/mol. The number of hydrogen-bond donors (Lipinski definition) is 1. The van der Waals surface area contributed by atoms with E-state index in [2.05, 4.69) is 47.8 Å². The van der Waals surface area contributed by atoms with E-state index in [1.165, 1.54) is 16.3 Å². The second-order valence-corrected chi connectivity index (χ2v) is 7.59. The van der Waals surface area contributed by atoms with Crippen molar-refractivity contribution in [3.8, 4) is 11.5 Å². The number of ether oxygens (including phenoxy) is 2. The van der Waals surface area contributed by atoms with E-state index in [9.17, 15) is 4.79 Å². The van der Waals surface area contributed by atoms with Crippen molar-refractivity contribution in [1.82, 2.24) is 0 Å². The lowest BCUT2D eigenvalue weighted by Crippen LogP contribution is -2.27. The van der Waals surface area contributed by atoms with E-state index in [-0.39, 0.29) is 18.5 Å². The van der Waals surface area contributed by atoms with E-state index < -0.39 is 0 Å². The summed E-state index contributed by atoms with van der Waals surface area (Å²) in [5, 5.41) is 5.94. The number of benzene rings is 3. The Morgan fingerprint density at radius 3 is 2.79 bits per heavy atom. The van der Waals surface area contributed by atoms with Crippen LogP contribution < -0.4 is 14.8 Å². The molecule has 4 heteroatoms. The molecule has 0 unspecified atom stereocenters. The van der Waals surface area contributed by atoms with Gasteiger partial charge in [0.1, 0.15) is 0 Å². The van der Waals surface area contributed by atoms with Crippen LogP contribution in [0.1, 0.15) is 36.3 Å². The Kier molecular flexibility index (Phi) is 3.30. The molecule has 0 saturated heterocycles. The molecule has 3 aromatic rings. The zero-order chi connectivity index (χ0) is 18.7. The van der Waals surface area contributed by atoms with Crippen molar-refractivity contribution in [2.24, 2.45) is 0 Å². The van der Waals surface area contributed by atoms with Crippen molar-refractivity contribution in [2.45, 2.75) is 25.2 Å². The summed E-state index contributed by atoms with van der Waals surface area (Å²) in [5.74, 6) is 1.66. The van der Waals surface area contributed by atoms with Gasteiger partial charge < -0.3 is 14.8 Å². The largest absolute Gasteiger partial charge is 0.454 e. The Hall–Kier alpha value is -3.27. The normalized spacial score (nSPS) is 20.0. The van der Waals surface area contributed by atoms with Crippen LogP contribution in [0.25, 0.3) is 10.8 Å². The van der Waals surface area contributed by atoms with Crippen molar-refractivity contribution in [3.05, 3.63) is 77.0 Å². The highest BCUT2D eigenvalue weighted by Crippen LogP contribution is 2.49. The summed E-state index contributed by atoms with van der Waals surface area (Å²) in [6.45, 7) is 0.247. The number of anilines is 1. The van der Waals surface area contributed by atoms with Gasteiger partial charge in [0.25, 0.3) is 0 Å². The molecule has 28 heavy (non-hydrogen) atoms. The SMILES string of the molecule is O=C1CCCC2=C1[C@@H](c1ccc3c(c1)OCO3)c1c(ccc3ccccc13)N2. The van der Waals surface area contributed by atoms with Crippen LogP contribution in [0.15, 0.2) is 65.9 Å². The van der Waals surface area contributed by atoms with Crippen LogP contribution >= 0.6 is 0 Å². The van der Waals surface area contributed by atoms with Gasteiger partial charge in [-0.15, -0.1) is 0 Å². The molecule has 0 aromatic heterocycles. The summed E-state index contributed by atoms with van der Waals surface area (Å²) >= 11 is 0. The van der Waals surface area contributed by atoms with Crippen molar-refractivity contribution in [1.29, 1.82) is 0 Å².